The SMILES string of the molecule is CCCCNC(=O)CN(C(C)c1ccccc1)S(C)(=O)=O. The Morgan fingerprint density at radius 2 is 1.90 bits per heavy atom. The van der Waals surface area contributed by atoms with Crippen molar-refractivity contribution >= 4 is 15.9 Å². The third kappa shape index (κ3) is 5.85. The Morgan fingerprint density at radius 1 is 1.29 bits per heavy atom. The van der Waals surface area contributed by atoms with Gasteiger partial charge in [0.15, 0.2) is 0 Å². The number of hydrogen-bond acceptors (Lipinski definition) is 3. The van der Waals surface area contributed by atoms with E-state index in [0.717, 1.165) is 24.7 Å². The van der Waals surface area contributed by atoms with Gasteiger partial charge < -0.3 is 5.32 Å². The average Bonchev–Trinajstić information content (AvgIpc) is 2.44. The fourth-order valence-corrected chi connectivity index (χ4v) is 3.09. The van der Waals surface area contributed by atoms with Crippen molar-refractivity contribution in [3.8, 4) is 0 Å². The second kappa shape index (κ2) is 8.14. The number of unbranched alkanes of at least 4 members (excludes halogenated alkanes) is 1. The highest BCUT2D eigenvalue weighted by Crippen LogP contribution is 2.22. The van der Waals surface area contributed by atoms with Gasteiger partial charge in [0.1, 0.15) is 0 Å². The minimum atomic E-state index is -3.47. The maximum Gasteiger partial charge on any atom is 0.235 e. The topological polar surface area (TPSA) is 66.5 Å². The molecule has 0 radical (unpaired) electrons. The lowest BCUT2D eigenvalue weighted by molar-refractivity contribution is -0.121. The normalized spacial score (nSPS) is 13.1. The molecule has 0 saturated carbocycles. The molecule has 21 heavy (non-hydrogen) atoms. The van der Waals surface area contributed by atoms with E-state index in [2.05, 4.69) is 5.32 Å². The molecule has 0 saturated heterocycles. The Morgan fingerprint density at radius 3 is 2.43 bits per heavy atom. The zero-order valence-electron chi connectivity index (χ0n) is 12.9. The van der Waals surface area contributed by atoms with Gasteiger partial charge in [0, 0.05) is 12.6 Å². The number of nitrogens with zero attached hydrogens (tertiary/aromatic N) is 1. The van der Waals surface area contributed by atoms with Crippen LogP contribution in [0.25, 0.3) is 0 Å². The molecule has 118 valence electrons. The molecule has 1 amide bonds. The molecule has 1 atom stereocenters. The number of nitrogens with one attached hydrogen (secondary N) is 1. The molecule has 0 aliphatic heterocycles. The Hall–Kier alpha value is -1.40. The summed E-state index contributed by atoms with van der Waals surface area (Å²) in [4.78, 5) is 11.9. The Kier molecular flexibility index (Phi) is 6.84. The van der Waals surface area contributed by atoms with Crippen molar-refractivity contribution in [1.82, 2.24) is 9.62 Å². The largest absolute Gasteiger partial charge is 0.355 e. The number of carbonyl (C=O) groups excluding carboxylic acids is 1. The van der Waals surface area contributed by atoms with Gasteiger partial charge in [0.2, 0.25) is 15.9 Å². The first-order valence-corrected chi connectivity index (χ1v) is 8.99. The van der Waals surface area contributed by atoms with Gasteiger partial charge in [0.05, 0.1) is 12.8 Å². The lowest BCUT2D eigenvalue weighted by Crippen LogP contribution is -2.41. The van der Waals surface area contributed by atoms with E-state index in [1.54, 1.807) is 6.92 Å². The Balaban J connectivity index is 2.80. The lowest BCUT2D eigenvalue weighted by atomic mass is 10.1. The standard InChI is InChI=1S/C15H24N2O3S/c1-4-5-11-16-15(18)12-17(21(3,19)20)13(2)14-9-7-6-8-10-14/h6-10,13H,4-5,11-12H2,1-3H3,(H,16,18). The molecule has 1 unspecified atom stereocenters. The summed E-state index contributed by atoms with van der Waals surface area (Å²) in [6.45, 7) is 4.24. The molecule has 1 aromatic carbocycles. The van der Waals surface area contributed by atoms with Crippen molar-refractivity contribution in [1.29, 1.82) is 0 Å². The smallest absolute Gasteiger partial charge is 0.235 e. The van der Waals surface area contributed by atoms with Gasteiger partial charge >= 0.3 is 0 Å². The van der Waals surface area contributed by atoms with E-state index in [1.807, 2.05) is 37.3 Å². The fraction of sp³-hybridized carbons (Fsp3) is 0.533. The van der Waals surface area contributed by atoms with Crippen molar-refractivity contribution in [3.05, 3.63) is 35.9 Å². The Labute approximate surface area is 127 Å². The summed E-state index contributed by atoms with van der Waals surface area (Å²) in [5.74, 6) is -0.267. The van der Waals surface area contributed by atoms with Crippen LogP contribution in [0.5, 0.6) is 0 Å². The summed E-state index contributed by atoms with van der Waals surface area (Å²) in [5, 5.41) is 2.75. The van der Waals surface area contributed by atoms with Gasteiger partial charge in [-0.3, -0.25) is 4.79 Å². The van der Waals surface area contributed by atoms with Crippen LogP contribution in [-0.2, 0) is 14.8 Å². The van der Waals surface area contributed by atoms with Gasteiger partial charge in [-0.05, 0) is 18.9 Å². The highest BCUT2D eigenvalue weighted by Gasteiger charge is 2.26. The number of sulfonamides is 1. The molecule has 0 aliphatic carbocycles. The van der Waals surface area contributed by atoms with Gasteiger partial charge in [0.25, 0.3) is 0 Å². The van der Waals surface area contributed by atoms with Crippen LogP contribution in [-0.4, -0.2) is 38.0 Å². The van der Waals surface area contributed by atoms with Crippen molar-refractivity contribution in [2.45, 2.75) is 32.7 Å². The molecule has 0 heterocycles. The summed E-state index contributed by atoms with van der Waals surface area (Å²) in [5.41, 5.74) is 0.865. The molecule has 0 aromatic heterocycles. The van der Waals surface area contributed by atoms with E-state index >= 15 is 0 Å². The fourth-order valence-electron chi connectivity index (χ4n) is 2.04. The van der Waals surface area contributed by atoms with E-state index in [0.29, 0.717) is 6.54 Å². The highest BCUT2D eigenvalue weighted by molar-refractivity contribution is 7.88. The molecule has 0 bridgehead atoms. The molecule has 1 N–H and O–H groups in total. The molecule has 0 fully saturated rings. The maximum absolute atomic E-state index is 12.0. The van der Waals surface area contributed by atoms with E-state index in [4.69, 9.17) is 0 Å². The second-order valence-electron chi connectivity index (χ2n) is 5.10. The van der Waals surface area contributed by atoms with E-state index in [-0.39, 0.29) is 18.5 Å². The summed E-state index contributed by atoms with van der Waals surface area (Å²) in [6, 6.07) is 8.92. The van der Waals surface area contributed by atoms with Gasteiger partial charge in [-0.15, -0.1) is 0 Å². The molecule has 0 aliphatic rings. The van der Waals surface area contributed by atoms with E-state index in [1.165, 1.54) is 4.31 Å². The highest BCUT2D eigenvalue weighted by atomic mass is 32.2. The summed E-state index contributed by atoms with van der Waals surface area (Å²) in [6.07, 6.45) is 3.00. The first-order valence-electron chi connectivity index (χ1n) is 7.14. The first-order chi connectivity index (χ1) is 9.86. The van der Waals surface area contributed by atoms with E-state index < -0.39 is 10.0 Å². The first kappa shape index (κ1) is 17.7. The summed E-state index contributed by atoms with van der Waals surface area (Å²) >= 11 is 0. The molecule has 1 aromatic rings. The molecule has 1 rings (SSSR count). The van der Waals surface area contributed by atoms with Crippen LogP contribution in [0.1, 0.15) is 38.3 Å². The Bertz CT molecular complexity index is 543. The van der Waals surface area contributed by atoms with Crippen LogP contribution >= 0.6 is 0 Å². The van der Waals surface area contributed by atoms with Crippen molar-refractivity contribution in [2.75, 3.05) is 19.3 Å². The van der Waals surface area contributed by atoms with Crippen molar-refractivity contribution in [3.63, 3.8) is 0 Å². The third-order valence-corrected chi connectivity index (χ3v) is 4.59. The third-order valence-electron chi connectivity index (χ3n) is 3.29. The number of carbonyl (C=O) groups is 1. The number of amides is 1. The quantitative estimate of drug-likeness (QED) is 0.746. The molecular formula is C15H24N2O3S. The zero-order valence-corrected chi connectivity index (χ0v) is 13.7. The summed E-state index contributed by atoms with van der Waals surface area (Å²) < 4.78 is 25.1. The van der Waals surface area contributed by atoms with Crippen LogP contribution in [0.2, 0.25) is 0 Å². The van der Waals surface area contributed by atoms with Crippen LogP contribution in [0.4, 0.5) is 0 Å². The van der Waals surface area contributed by atoms with Crippen LogP contribution < -0.4 is 5.32 Å². The number of benzene rings is 1. The number of rotatable bonds is 8. The monoisotopic (exact) mass is 312 g/mol. The van der Waals surface area contributed by atoms with Gasteiger partial charge in [-0.2, -0.15) is 4.31 Å². The minimum Gasteiger partial charge on any atom is -0.355 e. The van der Waals surface area contributed by atoms with Crippen LogP contribution in [0.15, 0.2) is 30.3 Å². The van der Waals surface area contributed by atoms with Crippen molar-refractivity contribution < 1.29 is 13.2 Å². The second-order valence-corrected chi connectivity index (χ2v) is 7.03. The predicted molar refractivity (Wildman–Crippen MR) is 84.3 cm³/mol. The molecular weight excluding hydrogens is 288 g/mol. The van der Waals surface area contributed by atoms with Gasteiger partial charge in [-0.25, -0.2) is 8.42 Å². The van der Waals surface area contributed by atoms with Gasteiger partial charge in [-0.1, -0.05) is 43.7 Å². The van der Waals surface area contributed by atoms with E-state index in [9.17, 15) is 13.2 Å². The number of hydrogen-bond donors (Lipinski definition) is 1. The molecule has 5 nitrogen and oxygen atoms in total. The minimum absolute atomic E-state index is 0.154. The molecule has 6 heteroatoms. The maximum atomic E-state index is 12.0. The predicted octanol–water partition coefficient (Wildman–Crippen LogP) is 1.93. The van der Waals surface area contributed by atoms with Crippen LogP contribution in [0, 0.1) is 0 Å². The van der Waals surface area contributed by atoms with Crippen LogP contribution in [0.3, 0.4) is 0 Å². The molecule has 0 spiro atoms. The average molecular weight is 312 g/mol. The van der Waals surface area contributed by atoms with Crippen molar-refractivity contribution in [2.24, 2.45) is 0 Å². The zero-order chi connectivity index (χ0) is 15.9. The summed E-state index contributed by atoms with van der Waals surface area (Å²) in [7, 11) is -3.47. The lowest BCUT2D eigenvalue weighted by Gasteiger charge is -2.26.